The van der Waals surface area contributed by atoms with Crippen LogP contribution in [0.5, 0.6) is 0 Å². The molecule has 1 aromatic rings. The number of nitrogens with two attached hydrogens (primary N) is 1. The first-order valence-corrected chi connectivity index (χ1v) is 6.61. The molecule has 0 amide bonds. The quantitative estimate of drug-likeness (QED) is 0.598. The molecule has 4 heteroatoms. The lowest BCUT2D eigenvalue weighted by Crippen LogP contribution is -2.42. The summed E-state index contributed by atoms with van der Waals surface area (Å²) >= 11 is 7.54. The lowest BCUT2D eigenvalue weighted by atomic mass is 9.92. The van der Waals surface area contributed by atoms with Crippen LogP contribution in [0.25, 0.3) is 0 Å². The fourth-order valence-electron chi connectivity index (χ4n) is 1.90. The van der Waals surface area contributed by atoms with E-state index in [1.54, 1.807) is 11.3 Å². The summed E-state index contributed by atoms with van der Waals surface area (Å²) < 4.78 is 0.852. The van der Waals surface area contributed by atoms with Gasteiger partial charge in [-0.05, 0) is 24.5 Å². The molecule has 0 radical (unpaired) electrons. The van der Waals surface area contributed by atoms with Crippen LogP contribution < -0.4 is 11.3 Å². The lowest BCUT2D eigenvalue weighted by molar-refractivity contribution is 0.337. The Labute approximate surface area is 101 Å². The average Bonchev–Trinajstić information content (AvgIpc) is 2.64. The third kappa shape index (κ3) is 3.76. The third-order valence-corrected chi connectivity index (χ3v) is 4.14. The van der Waals surface area contributed by atoms with Crippen LogP contribution >= 0.6 is 22.9 Å². The Hall–Kier alpha value is -0.0900. The summed E-state index contributed by atoms with van der Waals surface area (Å²) in [6, 6.07) is 4.39. The summed E-state index contributed by atoms with van der Waals surface area (Å²) in [6.07, 6.45) is 3.29. The molecule has 15 heavy (non-hydrogen) atoms. The van der Waals surface area contributed by atoms with Gasteiger partial charge in [-0.2, -0.15) is 0 Å². The van der Waals surface area contributed by atoms with E-state index in [9.17, 15) is 0 Å². The van der Waals surface area contributed by atoms with Crippen molar-refractivity contribution in [2.75, 3.05) is 0 Å². The van der Waals surface area contributed by atoms with Crippen molar-refractivity contribution in [3.8, 4) is 0 Å². The van der Waals surface area contributed by atoms with Crippen LogP contribution in [-0.4, -0.2) is 6.04 Å². The van der Waals surface area contributed by atoms with Crippen molar-refractivity contribution < 1.29 is 0 Å². The van der Waals surface area contributed by atoms with E-state index >= 15 is 0 Å². The Balaban J connectivity index is 2.60. The Kier molecular flexibility index (Phi) is 5.61. The van der Waals surface area contributed by atoms with Crippen LogP contribution in [0.15, 0.2) is 12.1 Å². The summed E-state index contributed by atoms with van der Waals surface area (Å²) in [7, 11) is 0. The lowest BCUT2D eigenvalue weighted by Gasteiger charge is -2.23. The standard InChI is InChI=1S/C11H19ClN2S/c1-3-8(4-2)10(14-13)7-9-5-6-11(12)15-9/h5-6,8,10,14H,3-4,7,13H2,1-2H3. The Morgan fingerprint density at radius 1 is 1.40 bits per heavy atom. The van der Waals surface area contributed by atoms with Crippen molar-refractivity contribution in [1.29, 1.82) is 0 Å². The molecule has 0 saturated heterocycles. The van der Waals surface area contributed by atoms with Crippen molar-refractivity contribution in [3.05, 3.63) is 21.3 Å². The molecule has 0 saturated carbocycles. The van der Waals surface area contributed by atoms with Crippen molar-refractivity contribution in [3.63, 3.8) is 0 Å². The zero-order valence-corrected chi connectivity index (χ0v) is 10.9. The Bertz CT molecular complexity index is 284. The van der Waals surface area contributed by atoms with Gasteiger partial charge in [0, 0.05) is 10.9 Å². The number of rotatable bonds is 6. The number of thiophene rings is 1. The van der Waals surface area contributed by atoms with Crippen molar-refractivity contribution >= 4 is 22.9 Å². The average molecular weight is 247 g/mol. The van der Waals surface area contributed by atoms with Crippen molar-refractivity contribution in [2.24, 2.45) is 11.8 Å². The van der Waals surface area contributed by atoms with Gasteiger partial charge in [0.15, 0.2) is 0 Å². The van der Waals surface area contributed by atoms with Crippen molar-refractivity contribution in [1.82, 2.24) is 5.43 Å². The van der Waals surface area contributed by atoms with E-state index in [1.807, 2.05) is 6.07 Å². The molecule has 0 aliphatic rings. The first-order chi connectivity index (χ1) is 7.21. The van der Waals surface area contributed by atoms with E-state index in [2.05, 4.69) is 25.3 Å². The highest BCUT2D eigenvalue weighted by Crippen LogP contribution is 2.25. The highest BCUT2D eigenvalue weighted by molar-refractivity contribution is 7.16. The maximum atomic E-state index is 5.90. The molecule has 86 valence electrons. The molecule has 0 aliphatic carbocycles. The first kappa shape index (κ1) is 13.0. The zero-order valence-electron chi connectivity index (χ0n) is 9.29. The van der Waals surface area contributed by atoms with Gasteiger partial charge in [0.1, 0.15) is 0 Å². The van der Waals surface area contributed by atoms with E-state index in [1.165, 1.54) is 4.88 Å². The predicted octanol–water partition coefficient (Wildman–Crippen LogP) is 3.21. The van der Waals surface area contributed by atoms with E-state index in [0.717, 1.165) is 23.6 Å². The summed E-state index contributed by atoms with van der Waals surface area (Å²) in [5, 5.41) is 0. The number of hydrogen-bond donors (Lipinski definition) is 2. The Morgan fingerprint density at radius 2 is 2.07 bits per heavy atom. The third-order valence-electron chi connectivity index (χ3n) is 2.88. The number of hydrogen-bond acceptors (Lipinski definition) is 3. The molecule has 1 atom stereocenters. The van der Waals surface area contributed by atoms with Gasteiger partial charge in [0.25, 0.3) is 0 Å². The fraction of sp³-hybridized carbons (Fsp3) is 0.636. The van der Waals surface area contributed by atoms with Crippen LogP contribution in [0.4, 0.5) is 0 Å². The topological polar surface area (TPSA) is 38.0 Å². The van der Waals surface area contributed by atoms with Gasteiger partial charge < -0.3 is 0 Å². The smallest absolute Gasteiger partial charge is 0.0931 e. The van der Waals surface area contributed by atoms with Gasteiger partial charge in [-0.25, -0.2) is 0 Å². The normalized spacial score (nSPS) is 13.4. The number of nitrogens with one attached hydrogen (secondary N) is 1. The first-order valence-electron chi connectivity index (χ1n) is 5.41. The Morgan fingerprint density at radius 3 is 2.47 bits per heavy atom. The number of hydrazine groups is 1. The molecule has 0 fully saturated rings. The molecule has 1 heterocycles. The summed E-state index contributed by atoms with van der Waals surface area (Å²) in [4.78, 5) is 1.30. The molecular formula is C11H19ClN2S. The van der Waals surface area contributed by atoms with E-state index < -0.39 is 0 Å². The zero-order chi connectivity index (χ0) is 11.3. The van der Waals surface area contributed by atoms with Crippen LogP contribution in [0, 0.1) is 5.92 Å². The van der Waals surface area contributed by atoms with Crippen LogP contribution in [-0.2, 0) is 6.42 Å². The molecule has 1 rings (SSSR count). The minimum absolute atomic E-state index is 0.356. The summed E-state index contributed by atoms with van der Waals surface area (Å²) in [5.41, 5.74) is 2.93. The molecule has 2 nitrogen and oxygen atoms in total. The van der Waals surface area contributed by atoms with Crippen molar-refractivity contribution in [2.45, 2.75) is 39.2 Å². The van der Waals surface area contributed by atoms with E-state index in [0.29, 0.717) is 12.0 Å². The molecule has 1 aromatic heterocycles. The largest absolute Gasteiger partial charge is 0.271 e. The molecule has 3 N–H and O–H groups in total. The van der Waals surface area contributed by atoms with Crippen LogP contribution in [0.1, 0.15) is 31.6 Å². The van der Waals surface area contributed by atoms with Gasteiger partial charge in [0.05, 0.1) is 4.34 Å². The second-order valence-electron chi connectivity index (χ2n) is 3.76. The minimum Gasteiger partial charge on any atom is -0.271 e. The van der Waals surface area contributed by atoms with Gasteiger partial charge in [-0.1, -0.05) is 38.3 Å². The maximum absolute atomic E-state index is 5.90. The SMILES string of the molecule is CCC(CC)C(Cc1ccc(Cl)s1)NN. The van der Waals surface area contributed by atoms with Crippen LogP contribution in [0.2, 0.25) is 4.34 Å². The van der Waals surface area contributed by atoms with E-state index in [4.69, 9.17) is 17.4 Å². The van der Waals surface area contributed by atoms with Crippen LogP contribution in [0.3, 0.4) is 0 Å². The summed E-state index contributed by atoms with van der Waals surface area (Å²) in [5.74, 6) is 6.24. The predicted molar refractivity (Wildman–Crippen MR) is 68.2 cm³/mol. The molecule has 0 aliphatic heterocycles. The summed E-state index contributed by atoms with van der Waals surface area (Å²) in [6.45, 7) is 4.42. The highest BCUT2D eigenvalue weighted by Gasteiger charge is 2.18. The second-order valence-corrected chi connectivity index (χ2v) is 5.56. The highest BCUT2D eigenvalue weighted by atomic mass is 35.5. The molecule has 0 aromatic carbocycles. The maximum Gasteiger partial charge on any atom is 0.0931 e. The van der Waals surface area contributed by atoms with Gasteiger partial charge in [0.2, 0.25) is 0 Å². The molecule has 0 spiro atoms. The molecule has 0 bridgehead atoms. The molecular weight excluding hydrogens is 228 g/mol. The molecule has 1 unspecified atom stereocenters. The van der Waals surface area contributed by atoms with Gasteiger partial charge in [-0.3, -0.25) is 11.3 Å². The van der Waals surface area contributed by atoms with Gasteiger partial charge in [-0.15, -0.1) is 11.3 Å². The monoisotopic (exact) mass is 246 g/mol. The number of halogens is 1. The second kappa shape index (κ2) is 6.48. The van der Waals surface area contributed by atoms with Gasteiger partial charge >= 0.3 is 0 Å². The van der Waals surface area contributed by atoms with E-state index in [-0.39, 0.29) is 0 Å². The fourth-order valence-corrected chi connectivity index (χ4v) is 3.04. The minimum atomic E-state index is 0.356.